The Kier molecular flexibility index (Phi) is 5.16. The van der Waals surface area contributed by atoms with Gasteiger partial charge in [0, 0.05) is 28.2 Å². The lowest BCUT2D eigenvalue weighted by Gasteiger charge is -2.25. The molecule has 0 spiro atoms. The average Bonchev–Trinajstić information content (AvgIpc) is 3.09. The van der Waals surface area contributed by atoms with Crippen LogP contribution in [-0.2, 0) is 0 Å². The highest BCUT2D eigenvalue weighted by molar-refractivity contribution is 7.13. The smallest absolute Gasteiger partial charge is 0.129 e. The Hall–Kier alpha value is -1.62. The Labute approximate surface area is 146 Å². The summed E-state index contributed by atoms with van der Waals surface area (Å²) in [7, 11) is 0. The molecule has 1 aliphatic rings. The van der Waals surface area contributed by atoms with Gasteiger partial charge in [-0.25, -0.2) is 0 Å². The molecule has 3 nitrogen and oxygen atoms in total. The summed E-state index contributed by atoms with van der Waals surface area (Å²) in [6.07, 6.45) is 6.19. The third-order valence-electron chi connectivity index (χ3n) is 4.11. The largest absolute Gasteiger partial charge is 0.490 e. The van der Waals surface area contributed by atoms with Gasteiger partial charge in [0.25, 0.3) is 0 Å². The molecule has 0 saturated carbocycles. The molecular weight excluding hydrogens is 328 g/mol. The molecule has 0 unspecified atom stereocenters. The molecule has 1 N–H and O–H groups in total. The van der Waals surface area contributed by atoms with Gasteiger partial charge in [0.2, 0.25) is 0 Å². The first-order valence-electron chi connectivity index (χ1n) is 7.69. The fraction of sp³-hybridized carbons (Fsp3) is 0.278. The van der Waals surface area contributed by atoms with Crippen LogP contribution < -0.4 is 10.1 Å². The van der Waals surface area contributed by atoms with Gasteiger partial charge in [-0.3, -0.25) is 4.98 Å². The number of fused-ring (bicyclic) bond motifs is 1. The van der Waals surface area contributed by atoms with E-state index in [2.05, 4.69) is 39.9 Å². The third-order valence-corrected chi connectivity index (χ3v) is 5.01. The van der Waals surface area contributed by atoms with Crippen LogP contribution in [0.1, 0.15) is 12.8 Å². The maximum atomic E-state index is 6.36. The molecule has 1 aliphatic heterocycles. The lowest BCUT2D eigenvalue weighted by molar-refractivity contribution is 0.163. The molecule has 1 saturated heterocycles. The topological polar surface area (TPSA) is 34.1 Å². The minimum atomic E-state index is 0. The fourth-order valence-electron chi connectivity index (χ4n) is 2.93. The summed E-state index contributed by atoms with van der Waals surface area (Å²) in [6, 6.07) is 10.6. The number of hydrogen-bond donors (Lipinski definition) is 1. The number of rotatable bonds is 3. The second-order valence-electron chi connectivity index (χ2n) is 5.62. The van der Waals surface area contributed by atoms with Crippen LogP contribution in [0.5, 0.6) is 5.75 Å². The Morgan fingerprint density at radius 3 is 2.78 bits per heavy atom. The van der Waals surface area contributed by atoms with Gasteiger partial charge in [-0.05, 0) is 61.0 Å². The maximum absolute atomic E-state index is 6.36. The molecule has 4 rings (SSSR count). The van der Waals surface area contributed by atoms with Crippen molar-refractivity contribution in [3.8, 4) is 16.2 Å². The third kappa shape index (κ3) is 3.50. The summed E-state index contributed by atoms with van der Waals surface area (Å²) >= 11 is 1.75. The Bertz CT molecular complexity index is 770. The van der Waals surface area contributed by atoms with E-state index in [4.69, 9.17) is 4.74 Å². The van der Waals surface area contributed by atoms with E-state index in [1.807, 2.05) is 18.5 Å². The van der Waals surface area contributed by atoms with E-state index in [1.165, 1.54) is 15.8 Å². The number of nitrogens with zero attached hydrogens (tertiary/aromatic N) is 1. The van der Waals surface area contributed by atoms with Crippen molar-refractivity contribution in [3.05, 3.63) is 48.1 Å². The first-order valence-corrected chi connectivity index (χ1v) is 8.57. The standard InChI is InChI=1S/C18H18N2OS.ClH/c1-2-18(22-9-1)16-10-14-12-20-6-3-13(14)11-17(16)21-15-4-7-19-8-5-15;/h1-3,6,9-12,15,19H,4-5,7-8H2;1H. The van der Waals surface area contributed by atoms with E-state index in [-0.39, 0.29) is 12.4 Å². The van der Waals surface area contributed by atoms with Crippen LogP contribution in [0.15, 0.2) is 48.1 Å². The molecule has 2 aromatic heterocycles. The summed E-state index contributed by atoms with van der Waals surface area (Å²) < 4.78 is 6.36. The van der Waals surface area contributed by atoms with Crippen molar-refractivity contribution >= 4 is 34.5 Å². The van der Waals surface area contributed by atoms with Crippen LogP contribution in [0, 0.1) is 0 Å². The number of halogens is 1. The summed E-state index contributed by atoms with van der Waals surface area (Å²) in [5.74, 6) is 0.994. The van der Waals surface area contributed by atoms with E-state index in [0.29, 0.717) is 6.10 Å². The zero-order chi connectivity index (χ0) is 14.8. The summed E-state index contributed by atoms with van der Waals surface area (Å²) in [6.45, 7) is 2.08. The quantitative estimate of drug-likeness (QED) is 0.757. The van der Waals surface area contributed by atoms with Crippen molar-refractivity contribution < 1.29 is 4.74 Å². The van der Waals surface area contributed by atoms with Crippen molar-refractivity contribution in [2.24, 2.45) is 0 Å². The molecule has 0 aliphatic carbocycles. The number of ether oxygens (including phenoxy) is 1. The van der Waals surface area contributed by atoms with Gasteiger partial charge >= 0.3 is 0 Å². The number of nitrogens with one attached hydrogen (secondary N) is 1. The van der Waals surface area contributed by atoms with Gasteiger partial charge in [0.15, 0.2) is 0 Å². The van der Waals surface area contributed by atoms with Crippen LogP contribution in [-0.4, -0.2) is 24.2 Å². The number of thiophene rings is 1. The van der Waals surface area contributed by atoms with Crippen LogP contribution in [0.4, 0.5) is 0 Å². The van der Waals surface area contributed by atoms with E-state index < -0.39 is 0 Å². The molecule has 3 aromatic rings. The lowest BCUT2D eigenvalue weighted by atomic mass is 10.1. The van der Waals surface area contributed by atoms with Crippen molar-refractivity contribution in [2.75, 3.05) is 13.1 Å². The van der Waals surface area contributed by atoms with Crippen molar-refractivity contribution in [1.82, 2.24) is 10.3 Å². The number of piperidine rings is 1. The van der Waals surface area contributed by atoms with Gasteiger partial charge in [-0.2, -0.15) is 0 Å². The SMILES string of the molecule is Cl.c1csc(-c2cc3cnccc3cc2OC2CCNCC2)c1. The number of aromatic nitrogens is 1. The summed E-state index contributed by atoms with van der Waals surface area (Å²) in [5.41, 5.74) is 1.18. The monoisotopic (exact) mass is 346 g/mol. The van der Waals surface area contributed by atoms with Crippen molar-refractivity contribution in [3.63, 3.8) is 0 Å². The summed E-state index contributed by atoms with van der Waals surface area (Å²) in [4.78, 5) is 5.48. The van der Waals surface area contributed by atoms with Crippen LogP contribution in [0.25, 0.3) is 21.2 Å². The molecule has 23 heavy (non-hydrogen) atoms. The lowest BCUT2D eigenvalue weighted by Crippen LogP contribution is -2.34. The van der Waals surface area contributed by atoms with Gasteiger partial charge in [-0.15, -0.1) is 23.7 Å². The Morgan fingerprint density at radius 1 is 1.13 bits per heavy atom. The zero-order valence-electron chi connectivity index (χ0n) is 12.7. The van der Waals surface area contributed by atoms with Gasteiger partial charge < -0.3 is 10.1 Å². The molecule has 1 aromatic carbocycles. The van der Waals surface area contributed by atoms with Crippen LogP contribution in [0.3, 0.4) is 0 Å². The number of benzene rings is 1. The Balaban J connectivity index is 0.00000156. The summed E-state index contributed by atoms with van der Waals surface area (Å²) in [5, 5.41) is 7.83. The number of pyridine rings is 1. The number of hydrogen-bond acceptors (Lipinski definition) is 4. The molecule has 1 fully saturated rings. The maximum Gasteiger partial charge on any atom is 0.129 e. The molecule has 120 valence electrons. The van der Waals surface area contributed by atoms with E-state index in [0.717, 1.165) is 37.1 Å². The fourth-order valence-corrected chi connectivity index (χ4v) is 3.68. The second kappa shape index (κ2) is 7.30. The van der Waals surface area contributed by atoms with Gasteiger partial charge in [-0.1, -0.05) is 6.07 Å². The van der Waals surface area contributed by atoms with Crippen molar-refractivity contribution in [1.29, 1.82) is 0 Å². The zero-order valence-corrected chi connectivity index (χ0v) is 14.3. The van der Waals surface area contributed by atoms with Crippen LogP contribution >= 0.6 is 23.7 Å². The van der Waals surface area contributed by atoms with Crippen LogP contribution in [0.2, 0.25) is 0 Å². The molecule has 5 heteroatoms. The normalized spacial score (nSPS) is 15.3. The molecule has 0 amide bonds. The first-order chi connectivity index (χ1) is 10.9. The molecule has 0 radical (unpaired) electrons. The van der Waals surface area contributed by atoms with Crippen molar-refractivity contribution in [2.45, 2.75) is 18.9 Å². The van der Waals surface area contributed by atoms with E-state index >= 15 is 0 Å². The first kappa shape index (κ1) is 16.2. The van der Waals surface area contributed by atoms with E-state index in [1.54, 1.807) is 11.3 Å². The molecule has 3 heterocycles. The molecular formula is C18H19ClN2OS. The highest BCUT2D eigenvalue weighted by Crippen LogP contribution is 2.37. The van der Waals surface area contributed by atoms with Gasteiger partial charge in [0.1, 0.15) is 11.9 Å². The Morgan fingerprint density at radius 2 is 2.00 bits per heavy atom. The van der Waals surface area contributed by atoms with Gasteiger partial charge in [0.05, 0.1) is 0 Å². The predicted molar refractivity (Wildman–Crippen MR) is 98.8 cm³/mol. The highest BCUT2D eigenvalue weighted by atomic mass is 35.5. The minimum absolute atomic E-state index is 0. The predicted octanol–water partition coefficient (Wildman–Crippen LogP) is 4.52. The second-order valence-corrected chi connectivity index (χ2v) is 6.56. The molecule has 0 atom stereocenters. The van der Waals surface area contributed by atoms with E-state index in [9.17, 15) is 0 Å². The minimum Gasteiger partial charge on any atom is -0.490 e. The molecule has 0 bridgehead atoms. The average molecular weight is 347 g/mol. The highest BCUT2D eigenvalue weighted by Gasteiger charge is 2.17.